The van der Waals surface area contributed by atoms with Crippen molar-refractivity contribution in [2.24, 2.45) is 11.8 Å². The number of halogens is 3. The Balaban J connectivity index is 2.07. The molecule has 100 valence electrons. The van der Waals surface area contributed by atoms with Crippen LogP contribution in [-0.4, -0.2) is 4.83 Å². The Morgan fingerprint density at radius 1 is 1.33 bits per heavy atom. The smallest absolute Gasteiger partial charge is 0.124 e. The van der Waals surface area contributed by atoms with Crippen LogP contribution in [0.2, 0.25) is 0 Å². The van der Waals surface area contributed by atoms with E-state index in [0.717, 1.165) is 16.8 Å². The maximum atomic E-state index is 13.1. The molecule has 1 aliphatic carbocycles. The molecule has 1 saturated carbocycles. The minimum Gasteiger partial charge on any atom is -0.207 e. The SMILES string of the molecule is CCC1CCC(Br)C(Cc2ccc(F)cc2Br)C1. The summed E-state index contributed by atoms with van der Waals surface area (Å²) in [6.07, 6.45) is 6.21. The highest BCUT2D eigenvalue weighted by Crippen LogP contribution is 2.38. The first-order valence-electron chi connectivity index (χ1n) is 6.68. The number of benzene rings is 1. The normalized spacial score (nSPS) is 28.3. The Hall–Kier alpha value is 0.110. The summed E-state index contributed by atoms with van der Waals surface area (Å²) >= 11 is 7.29. The Kier molecular flexibility index (Phi) is 5.25. The quantitative estimate of drug-likeness (QED) is 0.591. The van der Waals surface area contributed by atoms with Gasteiger partial charge in [0.2, 0.25) is 0 Å². The van der Waals surface area contributed by atoms with Crippen LogP contribution in [0.4, 0.5) is 4.39 Å². The summed E-state index contributed by atoms with van der Waals surface area (Å²) in [6, 6.07) is 5.04. The van der Waals surface area contributed by atoms with E-state index in [0.29, 0.717) is 10.7 Å². The van der Waals surface area contributed by atoms with E-state index in [4.69, 9.17) is 0 Å². The first-order chi connectivity index (χ1) is 8.60. The van der Waals surface area contributed by atoms with Crippen molar-refractivity contribution < 1.29 is 4.39 Å². The van der Waals surface area contributed by atoms with Gasteiger partial charge in [0.15, 0.2) is 0 Å². The van der Waals surface area contributed by atoms with Crippen LogP contribution in [0.5, 0.6) is 0 Å². The van der Waals surface area contributed by atoms with Gasteiger partial charge in [-0.05, 0) is 55.2 Å². The summed E-state index contributed by atoms with van der Waals surface area (Å²) in [5.74, 6) is 1.37. The summed E-state index contributed by atoms with van der Waals surface area (Å²) in [5.41, 5.74) is 1.22. The van der Waals surface area contributed by atoms with Gasteiger partial charge >= 0.3 is 0 Å². The molecule has 0 heterocycles. The molecule has 3 unspecified atom stereocenters. The van der Waals surface area contributed by atoms with Gasteiger partial charge in [-0.15, -0.1) is 0 Å². The van der Waals surface area contributed by atoms with E-state index in [9.17, 15) is 4.39 Å². The van der Waals surface area contributed by atoms with E-state index in [1.807, 2.05) is 6.07 Å². The average molecular weight is 378 g/mol. The van der Waals surface area contributed by atoms with E-state index in [1.165, 1.54) is 31.2 Å². The summed E-state index contributed by atoms with van der Waals surface area (Å²) < 4.78 is 14.0. The highest BCUT2D eigenvalue weighted by Gasteiger charge is 2.28. The van der Waals surface area contributed by atoms with Gasteiger partial charge in [0.25, 0.3) is 0 Å². The second-order valence-electron chi connectivity index (χ2n) is 5.30. The largest absolute Gasteiger partial charge is 0.207 e. The van der Waals surface area contributed by atoms with Crippen LogP contribution in [0.15, 0.2) is 22.7 Å². The molecule has 3 atom stereocenters. The van der Waals surface area contributed by atoms with E-state index in [-0.39, 0.29) is 5.82 Å². The Labute approximate surface area is 126 Å². The molecule has 1 aliphatic rings. The van der Waals surface area contributed by atoms with E-state index >= 15 is 0 Å². The van der Waals surface area contributed by atoms with Crippen molar-refractivity contribution in [2.45, 2.75) is 43.9 Å². The van der Waals surface area contributed by atoms with Crippen molar-refractivity contribution in [3.05, 3.63) is 34.1 Å². The predicted octanol–water partition coefficient (Wildman–Crippen LogP) is 5.72. The highest BCUT2D eigenvalue weighted by molar-refractivity contribution is 9.10. The molecule has 0 bridgehead atoms. The van der Waals surface area contributed by atoms with Crippen molar-refractivity contribution in [3.63, 3.8) is 0 Å². The zero-order valence-electron chi connectivity index (χ0n) is 10.6. The van der Waals surface area contributed by atoms with Gasteiger partial charge in [0, 0.05) is 9.30 Å². The molecular weight excluding hydrogens is 359 g/mol. The Morgan fingerprint density at radius 2 is 2.11 bits per heavy atom. The van der Waals surface area contributed by atoms with E-state index in [2.05, 4.69) is 38.8 Å². The molecule has 0 spiro atoms. The van der Waals surface area contributed by atoms with Crippen LogP contribution in [0, 0.1) is 17.7 Å². The number of alkyl halides is 1. The summed E-state index contributed by atoms with van der Waals surface area (Å²) in [7, 11) is 0. The maximum absolute atomic E-state index is 13.1. The molecule has 0 nitrogen and oxygen atoms in total. The second-order valence-corrected chi connectivity index (χ2v) is 7.33. The molecule has 0 radical (unpaired) electrons. The second kappa shape index (κ2) is 6.51. The molecule has 0 amide bonds. The summed E-state index contributed by atoms with van der Waals surface area (Å²) in [5, 5.41) is 0. The van der Waals surface area contributed by atoms with Crippen LogP contribution in [-0.2, 0) is 6.42 Å². The van der Waals surface area contributed by atoms with Crippen molar-refractivity contribution >= 4 is 31.9 Å². The lowest BCUT2D eigenvalue weighted by Crippen LogP contribution is -2.26. The van der Waals surface area contributed by atoms with Gasteiger partial charge in [0.1, 0.15) is 5.82 Å². The molecule has 0 aromatic heterocycles. The number of hydrogen-bond donors (Lipinski definition) is 0. The fraction of sp³-hybridized carbons (Fsp3) is 0.600. The zero-order chi connectivity index (χ0) is 13.1. The van der Waals surface area contributed by atoms with Crippen LogP contribution < -0.4 is 0 Å². The number of hydrogen-bond acceptors (Lipinski definition) is 0. The molecule has 0 N–H and O–H groups in total. The van der Waals surface area contributed by atoms with Crippen molar-refractivity contribution in [2.75, 3.05) is 0 Å². The first-order valence-corrected chi connectivity index (χ1v) is 8.39. The van der Waals surface area contributed by atoms with Crippen LogP contribution in [0.1, 0.15) is 38.2 Å². The zero-order valence-corrected chi connectivity index (χ0v) is 13.8. The van der Waals surface area contributed by atoms with Crippen molar-refractivity contribution in [1.82, 2.24) is 0 Å². The molecule has 0 saturated heterocycles. The minimum absolute atomic E-state index is 0.170. The summed E-state index contributed by atoms with van der Waals surface area (Å²) in [4.78, 5) is 0.609. The molecule has 1 aromatic rings. The third-order valence-electron chi connectivity index (χ3n) is 4.07. The number of rotatable bonds is 3. The third-order valence-corrected chi connectivity index (χ3v) is 6.02. The standard InChI is InChI=1S/C15H19Br2F/c1-2-10-3-6-14(16)12(7-10)8-11-4-5-13(18)9-15(11)17/h4-5,9-10,12,14H,2-3,6-8H2,1H3. The lowest BCUT2D eigenvalue weighted by Gasteiger charge is -2.33. The van der Waals surface area contributed by atoms with E-state index < -0.39 is 0 Å². The Morgan fingerprint density at radius 3 is 2.78 bits per heavy atom. The highest BCUT2D eigenvalue weighted by atomic mass is 79.9. The molecule has 2 rings (SSSR count). The molecule has 0 aliphatic heterocycles. The topological polar surface area (TPSA) is 0 Å². The minimum atomic E-state index is -0.170. The van der Waals surface area contributed by atoms with Gasteiger partial charge < -0.3 is 0 Å². The molecule has 1 aromatic carbocycles. The fourth-order valence-corrected chi connectivity index (χ4v) is 4.06. The lowest BCUT2D eigenvalue weighted by atomic mass is 9.77. The lowest BCUT2D eigenvalue weighted by molar-refractivity contribution is 0.271. The third kappa shape index (κ3) is 3.57. The van der Waals surface area contributed by atoms with Gasteiger partial charge in [-0.1, -0.05) is 51.3 Å². The first kappa shape index (κ1) is 14.5. The van der Waals surface area contributed by atoms with Gasteiger partial charge in [-0.3, -0.25) is 0 Å². The fourth-order valence-electron chi connectivity index (χ4n) is 2.88. The van der Waals surface area contributed by atoms with Crippen LogP contribution in [0.3, 0.4) is 0 Å². The van der Waals surface area contributed by atoms with Gasteiger partial charge in [-0.2, -0.15) is 0 Å². The maximum Gasteiger partial charge on any atom is 0.124 e. The van der Waals surface area contributed by atoms with Crippen LogP contribution in [0.25, 0.3) is 0 Å². The monoisotopic (exact) mass is 376 g/mol. The van der Waals surface area contributed by atoms with Crippen molar-refractivity contribution in [3.8, 4) is 0 Å². The molecule has 1 fully saturated rings. The molecule has 18 heavy (non-hydrogen) atoms. The molecule has 3 heteroatoms. The predicted molar refractivity (Wildman–Crippen MR) is 81.6 cm³/mol. The van der Waals surface area contributed by atoms with E-state index in [1.54, 1.807) is 12.1 Å². The van der Waals surface area contributed by atoms with Gasteiger partial charge in [-0.25, -0.2) is 4.39 Å². The van der Waals surface area contributed by atoms with Crippen molar-refractivity contribution in [1.29, 1.82) is 0 Å². The Bertz CT molecular complexity index is 405. The molecular formula is C15H19Br2F. The average Bonchev–Trinajstić information content (AvgIpc) is 2.35. The summed E-state index contributed by atoms with van der Waals surface area (Å²) in [6.45, 7) is 2.28. The van der Waals surface area contributed by atoms with Crippen LogP contribution >= 0.6 is 31.9 Å². The van der Waals surface area contributed by atoms with Gasteiger partial charge in [0.05, 0.1) is 0 Å².